The van der Waals surface area contributed by atoms with Crippen molar-refractivity contribution >= 4 is 11.8 Å². The maximum Gasteiger partial charge on any atom is 0.224 e. The third-order valence-corrected chi connectivity index (χ3v) is 3.74. The van der Waals surface area contributed by atoms with Crippen molar-refractivity contribution in [1.29, 1.82) is 0 Å². The maximum atomic E-state index is 12.3. The zero-order valence-corrected chi connectivity index (χ0v) is 13.5. The van der Waals surface area contributed by atoms with Crippen LogP contribution in [-0.2, 0) is 16.0 Å². The van der Waals surface area contributed by atoms with Gasteiger partial charge in [-0.05, 0) is 24.3 Å². The second kappa shape index (κ2) is 7.97. The van der Waals surface area contributed by atoms with Crippen LogP contribution in [0.4, 0.5) is 0 Å². The molecule has 0 bridgehead atoms. The van der Waals surface area contributed by atoms with Gasteiger partial charge in [0.1, 0.15) is 0 Å². The van der Waals surface area contributed by atoms with E-state index in [1.807, 2.05) is 35.2 Å². The molecule has 0 radical (unpaired) electrons. The van der Waals surface area contributed by atoms with E-state index in [-0.39, 0.29) is 11.8 Å². The van der Waals surface area contributed by atoms with Crippen LogP contribution in [0.3, 0.4) is 0 Å². The normalized spacial score (nSPS) is 14.0. The van der Waals surface area contributed by atoms with Gasteiger partial charge in [0.2, 0.25) is 11.8 Å². The van der Waals surface area contributed by atoms with Crippen LogP contribution in [0.25, 0.3) is 0 Å². The van der Waals surface area contributed by atoms with Crippen LogP contribution in [0.1, 0.15) is 38.7 Å². The van der Waals surface area contributed by atoms with Crippen LogP contribution in [0.2, 0.25) is 0 Å². The van der Waals surface area contributed by atoms with Crippen molar-refractivity contribution in [2.45, 2.75) is 45.6 Å². The van der Waals surface area contributed by atoms with Crippen molar-refractivity contribution in [3.63, 3.8) is 0 Å². The fourth-order valence-corrected chi connectivity index (χ4v) is 2.53. The first-order valence-electron chi connectivity index (χ1n) is 8.16. The summed E-state index contributed by atoms with van der Waals surface area (Å²) in [6.07, 6.45) is 3.01. The van der Waals surface area contributed by atoms with E-state index in [0.29, 0.717) is 31.3 Å². The lowest BCUT2D eigenvalue weighted by Crippen LogP contribution is -2.38. The quantitative estimate of drug-likeness (QED) is 0.801. The van der Waals surface area contributed by atoms with Gasteiger partial charge in [0.05, 0.1) is 6.42 Å². The van der Waals surface area contributed by atoms with E-state index in [0.717, 1.165) is 24.9 Å². The highest BCUT2D eigenvalue weighted by Gasteiger charge is 2.32. The summed E-state index contributed by atoms with van der Waals surface area (Å²) in [4.78, 5) is 26.1. The number of amides is 2. The molecule has 0 atom stereocenters. The Kier molecular flexibility index (Phi) is 5.99. The standard InChI is InChI=1S/C18H26N2O2/c1-14(2)13-20(16-8-9-16)18(22)10-11-19-17(21)12-15-6-4-3-5-7-15/h3-7,14,16H,8-13H2,1-2H3,(H,19,21). The van der Waals surface area contributed by atoms with Gasteiger partial charge in [0, 0.05) is 25.6 Å². The summed E-state index contributed by atoms with van der Waals surface area (Å²) in [5, 5.41) is 2.84. The summed E-state index contributed by atoms with van der Waals surface area (Å²) in [5.41, 5.74) is 0.991. The molecule has 1 aliphatic rings. The predicted molar refractivity (Wildman–Crippen MR) is 87.3 cm³/mol. The molecule has 2 rings (SSSR count). The second-order valence-corrected chi connectivity index (χ2v) is 6.43. The monoisotopic (exact) mass is 302 g/mol. The first-order valence-corrected chi connectivity index (χ1v) is 8.16. The lowest BCUT2D eigenvalue weighted by molar-refractivity contribution is -0.132. The molecule has 0 unspecified atom stereocenters. The molecule has 0 spiro atoms. The minimum Gasteiger partial charge on any atom is -0.355 e. The molecular formula is C18H26N2O2. The summed E-state index contributed by atoms with van der Waals surface area (Å²) in [6.45, 7) is 5.50. The first kappa shape index (κ1) is 16.5. The average molecular weight is 302 g/mol. The van der Waals surface area contributed by atoms with E-state index in [1.165, 1.54) is 0 Å². The van der Waals surface area contributed by atoms with Gasteiger partial charge in [-0.15, -0.1) is 0 Å². The molecule has 0 saturated heterocycles. The van der Waals surface area contributed by atoms with Gasteiger partial charge in [-0.2, -0.15) is 0 Å². The van der Waals surface area contributed by atoms with E-state index >= 15 is 0 Å². The minimum atomic E-state index is -0.0270. The number of carbonyl (C=O) groups is 2. The third-order valence-electron chi connectivity index (χ3n) is 3.74. The van der Waals surface area contributed by atoms with Gasteiger partial charge in [0.25, 0.3) is 0 Å². The van der Waals surface area contributed by atoms with Gasteiger partial charge in [0.15, 0.2) is 0 Å². The van der Waals surface area contributed by atoms with Gasteiger partial charge < -0.3 is 10.2 Å². The van der Waals surface area contributed by atoms with Crippen LogP contribution in [0.5, 0.6) is 0 Å². The molecule has 0 aromatic heterocycles. The number of nitrogens with zero attached hydrogens (tertiary/aromatic N) is 1. The molecule has 1 N–H and O–H groups in total. The van der Waals surface area contributed by atoms with Crippen LogP contribution < -0.4 is 5.32 Å². The van der Waals surface area contributed by atoms with Crippen molar-refractivity contribution in [2.75, 3.05) is 13.1 Å². The van der Waals surface area contributed by atoms with Crippen LogP contribution >= 0.6 is 0 Å². The van der Waals surface area contributed by atoms with Gasteiger partial charge in [-0.25, -0.2) is 0 Å². The first-order chi connectivity index (χ1) is 10.6. The molecular weight excluding hydrogens is 276 g/mol. The predicted octanol–water partition coefficient (Wildman–Crippen LogP) is 2.38. The van der Waals surface area contributed by atoms with Crippen molar-refractivity contribution < 1.29 is 9.59 Å². The third kappa shape index (κ3) is 5.51. The Morgan fingerprint density at radius 1 is 1.23 bits per heavy atom. The maximum absolute atomic E-state index is 12.3. The van der Waals surface area contributed by atoms with Crippen molar-refractivity contribution in [2.24, 2.45) is 5.92 Å². The van der Waals surface area contributed by atoms with Crippen LogP contribution in [0, 0.1) is 5.92 Å². The Balaban J connectivity index is 1.70. The molecule has 4 nitrogen and oxygen atoms in total. The minimum absolute atomic E-state index is 0.0270. The second-order valence-electron chi connectivity index (χ2n) is 6.43. The molecule has 0 heterocycles. The molecule has 1 saturated carbocycles. The zero-order valence-electron chi connectivity index (χ0n) is 13.5. The highest BCUT2D eigenvalue weighted by atomic mass is 16.2. The van der Waals surface area contributed by atoms with Crippen molar-refractivity contribution in [3.05, 3.63) is 35.9 Å². The molecule has 1 aromatic rings. The molecule has 22 heavy (non-hydrogen) atoms. The lowest BCUT2D eigenvalue weighted by Gasteiger charge is -2.24. The Labute approximate surface area is 132 Å². The SMILES string of the molecule is CC(C)CN(C(=O)CCNC(=O)Cc1ccccc1)C1CC1. The van der Waals surface area contributed by atoms with Crippen molar-refractivity contribution in [3.8, 4) is 0 Å². The van der Waals surface area contributed by atoms with Crippen LogP contribution in [-0.4, -0.2) is 35.8 Å². The number of hydrogen-bond acceptors (Lipinski definition) is 2. The van der Waals surface area contributed by atoms with E-state index in [2.05, 4.69) is 19.2 Å². The fraction of sp³-hybridized carbons (Fsp3) is 0.556. The average Bonchev–Trinajstić information content (AvgIpc) is 3.30. The van der Waals surface area contributed by atoms with E-state index in [9.17, 15) is 9.59 Å². The summed E-state index contributed by atoms with van der Waals surface area (Å²) >= 11 is 0. The fourth-order valence-electron chi connectivity index (χ4n) is 2.53. The Morgan fingerprint density at radius 2 is 1.91 bits per heavy atom. The number of nitrogens with one attached hydrogen (secondary N) is 1. The largest absolute Gasteiger partial charge is 0.355 e. The lowest BCUT2D eigenvalue weighted by atomic mass is 10.1. The van der Waals surface area contributed by atoms with Gasteiger partial charge >= 0.3 is 0 Å². The molecule has 4 heteroatoms. The van der Waals surface area contributed by atoms with Gasteiger partial charge in [-0.3, -0.25) is 9.59 Å². The molecule has 1 aliphatic carbocycles. The van der Waals surface area contributed by atoms with E-state index < -0.39 is 0 Å². The van der Waals surface area contributed by atoms with E-state index in [1.54, 1.807) is 0 Å². The number of carbonyl (C=O) groups excluding carboxylic acids is 2. The summed E-state index contributed by atoms with van der Waals surface area (Å²) in [6, 6.07) is 10.1. The Morgan fingerprint density at radius 3 is 2.50 bits per heavy atom. The molecule has 2 amide bonds. The van der Waals surface area contributed by atoms with Crippen LogP contribution in [0.15, 0.2) is 30.3 Å². The summed E-state index contributed by atoms with van der Waals surface area (Å²) in [5.74, 6) is 0.620. The smallest absolute Gasteiger partial charge is 0.224 e. The van der Waals surface area contributed by atoms with Crippen molar-refractivity contribution in [1.82, 2.24) is 10.2 Å². The molecule has 1 aromatic carbocycles. The molecule has 1 fully saturated rings. The Hall–Kier alpha value is -1.84. The highest BCUT2D eigenvalue weighted by Crippen LogP contribution is 2.28. The molecule has 0 aliphatic heterocycles. The number of hydrogen-bond donors (Lipinski definition) is 1. The highest BCUT2D eigenvalue weighted by molar-refractivity contribution is 5.80. The van der Waals surface area contributed by atoms with E-state index in [4.69, 9.17) is 0 Å². The number of benzene rings is 1. The molecule has 120 valence electrons. The summed E-state index contributed by atoms with van der Waals surface area (Å²) < 4.78 is 0. The summed E-state index contributed by atoms with van der Waals surface area (Å²) in [7, 11) is 0. The number of rotatable bonds is 8. The van der Waals surface area contributed by atoms with Gasteiger partial charge in [-0.1, -0.05) is 44.2 Å². The topological polar surface area (TPSA) is 49.4 Å². The zero-order chi connectivity index (χ0) is 15.9. The Bertz CT molecular complexity index is 495.